The zero-order valence-corrected chi connectivity index (χ0v) is 16.9. The van der Waals surface area contributed by atoms with Crippen LogP contribution in [-0.2, 0) is 39.3 Å². The average molecular weight is 406 g/mol. The van der Waals surface area contributed by atoms with Gasteiger partial charge in [0.05, 0.1) is 32.2 Å². The molecule has 0 bridgehead atoms. The van der Waals surface area contributed by atoms with Crippen molar-refractivity contribution in [2.45, 2.75) is 38.9 Å². The van der Waals surface area contributed by atoms with Gasteiger partial charge in [0.1, 0.15) is 0 Å². The highest BCUT2D eigenvalue weighted by molar-refractivity contribution is 7.86. The van der Waals surface area contributed by atoms with Crippen LogP contribution in [0.25, 0.3) is 0 Å². The van der Waals surface area contributed by atoms with Crippen LogP contribution in [0, 0.1) is 5.92 Å². The molecule has 2 rings (SSSR count). The maximum Gasteiger partial charge on any atom is 0.357 e. The molecule has 1 aliphatic rings. The highest BCUT2D eigenvalue weighted by Gasteiger charge is 2.33. The number of hydrogen-bond donors (Lipinski definition) is 0. The maximum atomic E-state index is 12.6. The first kappa shape index (κ1) is 21.5. The molecule has 148 valence electrons. The Kier molecular flexibility index (Phi) is 8.26. The van der Waals surface area contributed by atoms with Gasteiger partial charge >= 0.3 is 7.60 Å². The molecule has 1 unspecified atom stereocenters. The smallest absolute Gasteiger partial charge is 0.357 e. The summed E-state index contributed by atoms with van der Waals surface area (Å²) in [5.41, 5.74) is 1.10. The Morgan fingerprint density at radius 3 is 2.54 bits per heavy atom. The van der Waals surface area contributed by atoms with Gasteiger partial charge in [0.25, 0.3) is 10.1 Å². The van der Waals surface area contributed by atoms with Gasteiger partial charge in [-0.1, -0.05) is 36.8 Å². The average Bonchev–Trinajstić information content (AvgIpc) is 3.05. The summed E-state index contributed by atoms with van der Waals surface area (Å²) in [6.07, 6.45) is 3.13. The summed E-state index contributed by atoms with van der Waals surface area (Å²) in [5.74, 6) is 0.0886. The standard InChI is InChI=1S/C17H27O7PS/c1-3-22-25(18,14-24-26(2,19)20)23-13-16-10-7-11-17(16)21-12-15-8-5-4-6-9-15/h4-6,8-9,16-17H,3,7,10-14H2,1-2H3/t16-,17+,25?/m0/s1. The number of ether oxygens (including phenoxy) is 1. The fourth-order valence-electron chi connectivity index (χ4n) is 2.87. The van der Waals surface area contributed by atoms with E-state index in [0.29, 0.717) is 6.61 Å². The summed E-state index contributed by atoms with van der Waals surface area (Å²) >= 11 is 0. The Hall–Kier alpha value is -0.760. The van der Waals surface area contributed by atoms with Crippen LogP contribution in [0.15, 0.2) is 30.3 Å². The third-order valence-electron chi connectivity index (χ3n) is 4.13. The van der Waals surface area contributed by atoms with Crippen LogP contribution in [0.5, 0.6) is 0 Å². The second-order valence-electron chi connectivity index (χ2n) is 6.30. The van der Waals surface area contributed by atoms with E-state index < -0.39 is 24.1 Å². The van der Waals surface area contributed by atoms with Crippen molar-refractivity contribution in [3.63, 3.8) is 0 Å². The minimum Gasteiger partial charge on any atom is -0.373 e. The molecule has 0 amide bonds. The molecule has 0 N–H and O–H groups in total. The van der Waals surface area contributed by atoms with Crippen LogP contribution in [0.2, 0.25) is 0 Å². The van der Waals surface area contributed by atoms with Crippen LogP contribution < -0.4 is 0 Å². The number of hydrogen-bond acceptors (Lipinski definition) is 7. The molecule has 0 saturated heterocycles. The molecule has 1 fully saturated rings. The van der Waals surface area contributed by atoms with Gasteiger partial charge in [0.15, 0.2) is 6.35 Å². The lowest BCUT2D eigenvalue weighted by Crippen LogP contribution is -2.23. The largest absolute Gasteiger partial charge is 0.373 e. The van der Waals surface area contributed by atoms with E-state index in [-0.39, 0.29) is 25.2 Å². The van der Waals surface area contributed by atoms with E-state index in [1.165, 1.54) is 0 Å². The summed E-state index contributed by atoms with van der Waals surface area (Å²) < 4.78 is 56.2. The molecule has 0 spiro atoms. The van der Waals surface area contributed by atoms with Crippen molar-refractivity contribution in [1.29, 1.82) is 0 Å². The normalized spacial score (nSPS) is 23.0. The maximum absolute atomic E-state index is 12.6. The quantitative estimate of drug-likeness (QED) is 0.410. The van der Waals surface area contributed by atoms with Crippen molar-refractivity contribution >= 4 is 17.7 Å². The Balaban J connectivity index is 1.87. The molecule has 0 aliphatic heterocycles. The summed E-state index contributed by atoms with van der Waals surface area (Å²) in [5, 5.41) is 0. The zero-order valence-electron chi connectivity index (χ0n) is 15.2. The SMILES string of the molecule is CCOP(=O)(COS(C)(=O)=O)OC[C@@H]1CCC[C@H]1OCc1ccccc1. The molecule has 7 nitrogen and oxygen atoms in total. The molecule has 1 aromatic carbocycles. The highest BCUT2D eigenvalue weighted by Crippen LogP contribution is 2.49. The fourth-order valence-corrected chi connectivity index (χ4v) is 5.19. The van der Waals surface area contributed by atoms with Gasteiger partial charge in [-0.15, -0.1) is 0 Å². The summed E-state index contributed by atoms with van der Waals surface area (Å²) in [6.45, 7) is 2.51. The van der Waals surface area contributed by atoms with Crippen molar-refractivity contribution < 1.29 is 31.0 Å². The van der Waals surface area contributed by atoms with Crippen molar-refractivity contribution in [3.8, 4) is 0 Å². The van der Waals surface area contributed by atoms with E-state index in [0.717, 1.165) is 31.1 Å². The second kappa shape index (κ2) is 9.97. The van der Waals surface area contributed by atoms with E-state index in [2.05, 4.69) is 4.18 Å². The fraction of sp³-hybridized carbons (Fsp3) is 0.647. The van der Waals surface area contributed by atoms with Crippen LogP contribution in [0.4, 0.5) is 0 Å². The van der Waals surface area contributed by atoms with Crippen LogP contribution in [0.1, 0.15) is 31.7 Å². The third kappa shape index (κ3) is 7.47. The minimum atomic E-state index is -3.72. The van der Waals surface area contributed by atoms with E-state index in [1.54, 1.807) is 6.92 Å². The van der Waals surface area contributed by atoms with E-state index >= 15 is 0 Å². The van der Waals surface area contributed by atoms with Gasteiger partial charge in [-0.25, -0.2) is 0 Å². The zero-order chi connectivity index (χ0) is 19.0. The first-order valence-electron chi connectivity index (χ1n) is 8.69. The Labute approximate surface area is 155 Å². The Morgan fingerprint density at radius 2 is 1.88 bits per heavy atom. The van der Waals surface area contributed by atoms with Crippen molar-refractivity contribution in [3.05, 3.63) is 35.9 Å². The highest BCUT2D eigenvalue weighted by atomic mass is 32.2. The number of benzene rings is 1. The molecule has 1 aliphatic carbocycles. The molecular formula is C17H27O7PS. The molecule has 0 radical (unpaired) electrons. The second-order valence-corrected chi connectivity index (χ2v) is 9.94. The van der Waals surface area contributed by atoms with Gasteiger partial charge in [-0.3, -0.25) is 8.75 Å². The molecule has 1 aromatic rings. The molecule has 26 heavy (non-hydrogen) atoms. The minimum absolute atomic E-state index is 0.0149. The number of rotatable bonds is 11. The topological polar surface area (TPSA) is 88.1 Å². The lowest BCUT2D eigenvalue weighted by molar-refractivity contribution is 0.00101. The van der Waals surface area contributed by atoms with Crippen LogP contribution >= 0.6 is 7.60 Å². The first-order valence-corrected chi connectivity index (χ1v) is 12.2. The summed E-state index contributed by atoms with van der Waals surface area (Å²) in [4.78, 5) is 0. The molecule has 3 atom stereocenters. The molecule has 1 saturated carbocycles. The predicted octanol–water partition coefficient (Wildman–Crippen LogP) is 3.55. The molecule has 0 aromatic heterocycles. The Bertz CT molecular complexity index is 692. The van der Waals surface area contributed by atoms with Gasteiger partial charge in [-0.2, -0.15) is 8.42 Å². The van der Waals surface area contributed by atoms with Gasteiger partial charge in [0.2, 0.25) is 0 Å². The molecule has 9 heteroatoms. The first-order chi connectivity index (χ1) is 12.3. The van der Waals surface area contributed by atoms with E-state index in [4.69, 9.17) is 13.8 Å². The van der Waals surface area contributed by atoms with E-state index in [9.17, 15) is 13.0 Å². The Morgan fingerprint density at radius 1 is 1.15 bits per heavy atom. The summed E-state index contributed by atoms with van der Waals surface area (Å²) in [7, 11) is -7.35. The predicted molar refractivity (Wildman–Crippen MR) is 98.3 cm³/mol. The van der Waals surface area contributed by atoms with Gasteiger partial charge in [0, 0.05) is 5.92 Å². The lowest BCUT2D eigenvalue weighted by Gasteiger charge is -2.23. The summed E-state index contributed by atoms with van der Waals surface area (Å²) in [6, 6.07) is 9.90. The van der Waals surface area contributed by atoms with E-state index in [1.807, 2.05) is 30.3 Å². The van der Waals surface area contributed by atoms with Crippen molar-refractivity contribution in [2.75, 3.05) is 25.8 Å². The monoisotopic (exact) mass is 406 g/mol. The molecule has 0 heterocycles. The molecular weight excluding hydrogens is 379 g/mol. The van der Waals surface area contributed by atoms with Crippen LogP contribution in [-0.4, -0.2) is 40.3 Å². The van der Waals surface area contributed by atoms with Gasteiger partial charge in [-0.05, 0) is 25.3 Å². The third-order valence-corrected chi connectivity index (χ3v) is 6.49. The van der Waals surface area contributed by atoms with Crippen LogP contribution in [0.3, 0.4) is 0 Å². The van der Waals surface area contributed by atoms with Crippen molar-refractivity contribution in [2.24, 2.45) is 5.92 Å². The lowest BCUT2D eigenvalue weighted by atomic mass is 10.1. The van der Waals surface area contributed by atoms with Gasteiger partial charge < -0.3 is 13.8 Å². The van der Waals surface area contributed by atoms with Crippen molar-refractivity contribution in [1.82, 2.24) is 0 Å².